The van der Waals surface area contributed by atoms with E-state index in [0.717, 1.165) is 40.4 Å². The predicted octanol–water partition coefficient (Wildman–Crippen LogP) is 4.92. The molecule has 1 aliphatic rings. The van der Waals surface area contributed by atoms with Gasteiger partial charge in [-0.3, -0.25) is 4.79 Å². The third-order valence-electron chi connectivity index (χ3n) is 4.54. The van der Waals surface area contributed by atoms with E-state index in [9.17, 15) is 9.90 Å². The first-order valence-corrected chi connectivity index (χ1v) is 9.95. The van der Waals surface area contributed by atoms with Crippen LogP contribution in [0.5, 0.6) is 5.75 Å². The summed E-state index contributed by atoms with van der Waals surface area (Å²) < 4.78 is 0. The molecule has 1 heterocycles. The fourth-order valence-electron chi connectivity index (χ4n) is 3.02. The van der Waals surface area contributed by atoms with E-state index in [-0.39, 0.29) is 16.7 Å². The molecule has 1 aromatic rings. The highest BCUT2D eigenvalue weighted by Gasteiger charge is 2.27. The molecule has 0 aliphatic carbocycles. The number of thioether (sulfide) groups is 1. The van der Waals surface area contributed by atoms with E-state index in [1.807, 2.05) is 30.0 Å². The number of likely N-dealkylation sites (N-methyl/N-ethyl adjacent to an activating group) is 1. The molecule has 1 amide bonds. The van der Waals surface area contributed by atoms with Gasteiger partial charge in [-0.15, -0.1) is 11.8 Å². The van der Waals surface area contributed by atoms with Gasteiger partial charge in [0.05, 0.1) is 4.91 Å². The first-order chi connectivity index (χ1) is 11.4. The smallest absolute Gasteiger partial charge is 0.260 e. The van der Waals surface area contributed by atoms with E-state index in [1.54, 1.807) is 11.8 Å². The van der Waals surface area contributed by atoms with Gasteiger partial charge in [0.25, 0.3) is 5.91 Å². The molecular formula is C21H31NO2S. The molecule has 0 aromatic heterocycles. The van der Waals surface area contributed by atoms with Gasteiger partial charge in [-0.2, -0.15) is 0 Å². The molecular weight excluding hydrogens is 330 g/mol. The number of nitrogens with zero attached hydrogens (tertiary/aromatic N) is 1. The van der Waals surface area contributed by atoms with Crippen molar-refractivity contribution in [3.63, 3.8) is 0 Å². The Bertz CT molecular complexity index is 658. The van der Waals surface area contributed by atoms with E-state index >= 15 is 0 Å². The normalized spacial score (nSPS) is 18.1. The lowest BCUT2D eigenvalue weighted by Crippen LogP contribution is -2.36. The van der Waals surface area contributed by atoms with Crippen molar-refractivity contribution >= 4 is 23.7 Å². The van der Waals surface area contributed by atoms with Crippen molar-refractivity contribution in [2.45, 2.75) is 59.3 Å². The van der Waals surface area contributed by atoms with E-state index < -0.39 is 0 Å². The number of hydrogen-bond acceptors (Lipinski definition) is 3. The second kappa shape index (κ2) is 7.06. The van der Waals surface area contributed by atoms with Crippen LogP contribution in [0.1, 0.15) is 65.2 Å². The highest BCUT2D eigenvalue weighted by Crippen LogP contribution is 2.40. The molecule has 0 spiro atoms. The largest absolute Gasteiger partial charge is 0.507 e. The molecule has 0 radical (unpaired) electrons. The first-order valence-electron chi connectivity index (χ1n) is 8.97. The number of hydrogen-bond donors (Lipinski definition) is 1. The zero-order valence-electron chi connectivity index (χ0n) is 16.6. The van der Waals surface area contributed by atoms with Crippen molar-refractivity contribution in [3.8, 4) is 5.75 Å². The highest BCUT2D eigenvalue weighted by molar-refractivity contribution is 8.04. The Balaban J connectivity index is 2.58. The zero-order valence-corrected chi connectivity index (χ0v) is 17.4. The van der Waals surface area contributed by atoms with Crippen molar-refractivity contribution in [2.75, 3.05) is 18.8 Å². The number of phenols is 1. The van der Waals surface area contributed by atoms with Crippen LogP contribution in [0.2, 0.25) is 0 Å². The Hall–Kier alpha value is -1.42. The molecule has 138 valence electrons. The summed E-state index contributed by atoms with van der Waals surface area (Å²) in [5, 5.41) is 10.8. The van der Waals surface area contributed by atoms with Gasteiger partial charge in [-0.05, 0) is 41.5 Å². The van der Waals surface area contributed by atoms with Crippen LogP contribution in [-0.4, -0.2) is 34.8 Å². The van der Waals surface area contributed by atoms with Crippen LogP contribution in [0.25, 0.3) is 6.08 Å². The lowest BCUT2D eigenvalue weighted by molar-refractivity contribution is -0.126. The third-order valence-corrected chi connectivity index (χ3v) is 5.53. The quantitative estimate of drug-likeness (QED) is 0.760. The molecule has 0 bridgehead atoms. The van der Waals surface area contributed by atoms with E-state index in [1.165, 1.54) is 0 Å². The van der Waals surface area contributed by atoms with E-state index in [2.05, 4.69) is 41.5 Å². The molecule has 0 atom stereocenters. The maximum absolute atomic E-state index is 12.6. The average molecular weight is 362 g/mol. The summed E-state index contributed by atoms with van der Waals surface area (Å²) in [7, 11) is 0. The van der Waals surface area contributed by atoms with Gasteiger partial charge in [-0.25, -0.2) is 0 Å². The monoisotopic (exact) mass is 361 g/mol. The molecule has 1 aliphatic heterocycles. The zero-order chi connectivity index (χ0) is 19.0. The van der Waals surface area contributed by atoms with Crippen LogP contribution in [0.15, 0.2) is 17.0 Å². The second-order valence-electron chi connectivity index (χ2n) is 8.71. The molecule has 2 rings (SSSR count). The number of aromatic hydroxyl groups is 1. The number of phenolic OH excluding ortho intramolecular Hbond substituents is 1. The summed E-state index contributed by atoms with van der Waals surface area (Å²) in [6, 6.07) is 4.05. The molecule has 0 unspecified atom stereocenters. The summed E-state index contributed by atoms with van der Waals surface area (Å²) in [6.07, 6.45) is 1.98. The van der Waals surface area contributed by atoms with Crippen molar-refractivity contribution in [2.24, 2.45) is 0 Å². The lowest BCUT2D eigenvalue weighted by Gasteiger charge is -2.29. The highest BCUT2D eigenvalue weighted by atomic mass is 32.2. The molecule has 1 fully saturated rings. The van der Waals surface area contributed by atoms with Crippen LogP contribution in [0.3, 0.4) is 0 Å². The predicted molar refractivity (Wildman–Crippen MR) is 108 cm³/mol. The first kappa shape index (κ1) is 19.9. The Morgan fingerprint density at radius 2 is 1.64 bits per heavy atom. The lowest BCUT2D eigenvalue weighted by atomic mass is 9.78. The van der Waals surface area contributed by atoms with E-state index in [4.69, 9.17) is 0 Å². The van der Waals surface area contributed by atoms with Crippen LogP contribution < -0.4 is 0 Å². The van der Waals surface area contributed by atoms with Gasteiger partial charge >= 0.3 is 0 Å². The minimum atomic E-state index is -0.169. The average Bonchev–Trinajstić information content (AvgIpc) is 2.48. The SMILES string of the molecule is CCN1CCSC(=Cc2cc(C(C)(C)C)c(O)c(C(C)(C)C)c2)C1=O. The van der Waals surface area contributed by atoms with Crippen LogP contribution >= 0.6 is 11.8 Å². The van der Waals surface area contributed by atoms with Crippen LogP contribution in [-0.2, 0) is 15.6 Å². The van der Waals surface area contributed by atoms with Gasteiger partial charge in [0, 0.05) is 30.0 Å². The fraction of sp³-hybridized carbons (Fsp3) is 0.571. The fourth-order valence-corrected chi connectivity index (χ4v) is 4.03. The number of carbonyl (C=O) groups excluding carboxylic acids is 1. The van der Waals surface area contributed by atoms with Crippen LogP contribution in [0.4, 0.5) is 0 Å². The van der Waals surface area contributed by atoms with Crippen molar-refractivity contribution in [3.05, 3.63) is 33.7 Å². The maximum atomic E-state index is 12.6. The van der Waals surface area contributed by atoms with Crippen molar-refractivity contribution in [1.29, 1.82) is 0 Å². The van der Waals surface area contributed by atoms with Gasteiger partial charge in [0.1, 0.15) is 5.75 Å². The van der Waals surface area contributed by atoms with Gasteiger partial charge in [0.15, 0.2) is 0 Å². The summed E-state index contributed by atoms with van der Waals surface area (Å²) in [5.74, 6) is 1.42. The molecule has 0 saturated carbocycles. The third kappa shape index (κ3) is 4.41. The molecule has 25 heavy (non-hydrogen) atoms. The van der Waals surface area contributed by atoms with Gasteiger partial charge in [0.2, 0.25) is 0 Å². The number of amides is 1. The maximum Gasteiger partial charge on any atom is 0.260 e. The standard InChI is InChI=1S/C21H31NO2S/c1-8-22-9-10-25-17(19(22)24)13-14-11-15(20(2,3)4)18(23)16(12-14)21(5,6)7/h11-13,23H,8-10H2,1-7H3. The minimum absolute atomic E-state index is 0.112. The summed E-state index contributed by atoms with van der Waals surface area (Å²) in [4.78, 5) is 15.3. The Kier molecular flexibility index (Phi) is 5.62. The van der Waals surface area contributed by atoms with E-state index in [0.29, 0.717) is 5.75 Å². The molecule has 1 aromatic carbocycles. The molecule has 3 nitrogen and oxygen atoms in total. The minimum Gasteiger partial charge on any atom is -0.507 e. The van der Waals surface area contributed by atoms with Crippen LogP contribution in [0, 0.1) is 0 Å². The number of rotatable bonds is 2. The second-order valence-corrected chi connectivity index (χ2v) is 9.84. The Morgan fingerprint density at radius 3 is 2.08 bits per heavy atom. The van der Waals surface area contributed by atoms with Crippen molar-refractivity contribution < 1.29 is 9.90 Å². The molecule has 4 heteroatoms. The summed E-state index contributed by atoms with van der Waals surface area (Å²) in [6.45, 7) is 16.2. The Morgan fingerprint density at radius 1 is 1.12 bits per heavy atom. The summed E-state index contributed by atoms with van der Waals surface area (Å²) in [5.41, 5.74) is 2.50. The summed E-state index contributed by atoms with van der Waals surface area (Å²) >= 11 is 1.62. The number of carbonyl (C=O) groups is 1. The molecule has 1 saturated heterocycles. The molecule has 1 N–H and O–H groups in total. The Labute approximate surface area is 156 Å². The topological polar surface area (TPSA) is 40.5 Å². The van der Waals surface area contributed by atoms with Gasteiger partial charge in [-0.1, -0.05) is 41.5 Å². The van der Waals surface area contributed by atoms with Gasteiger partial charge < -0.3 is 10.0 Å². The number of benzene rings is 1. The van der Waals surface area contributed by atoms with Crippen molar-refractivity contribution in [1.82, 2.24) is 4.90 Å².